The number of dihydropyridines is 1. The maximum Gasteiger partial charge on any atom is 0.445 e. The fourth-order valence-corrected chi connectivity index (χ4v) is 3.63. The quantitative estimate of drug-likeness (QED) is 0.557. The Kier molecular flexibility index (Phi) is 5.35. The van der Waals surface area contributed by atoms with Crippen molar-refractivity contribution in [2.75, 3.05) is 27.0 Å². The molecule has 2 heterocycles. The topological polar surface area (TPSA) is 79.1 Å². The van der Waals surface area contributed by atoms with Crippen LogP contribution >= 0.6 is 11.8 Å². The number of amides is 3. The molecule has 1 unspecified atom stereocenters. The predicted molar refractivity (Wildman–Crippen MR) is 87.7 cm³/mol. The monoisotopic (exact) mass is 338 g/mol. The molecule has 124 valence electrons. The third kappa shape index (κ3) is 3.21. The molecule has 2 rings (SSSR count). The molecule has 0 aromatic carbocycles. The summed E-state index contributed by atoms with van der Waals surface area (Å²) in [5, 5.41) is 0. The van der Waals surface area contributed by atoms with Gasteiger partial charge in [-0.2, -0.15) is 9.48 Å². The molecule has 0 bridgehead atoms. The number of methoxy groups -OCH3 is 1. The average molecular weight is 338 g/mol. The molecule has 23 heavy (non-hydrogen) atoms. The number of hydrogen-bond acceptors (Lipinski definition) is 6. The van der Waals surface area contributed by atoms with Gasteiger partial charge < -0.3 is 4.74 Å². The highest BCUT2D eigenvalue weighted by Crippen LogP contribution is 2.36. The lowest BCUT2D eigenvalue weighted by molar-refractivity contribution is -0.407. The van der Waals surface area contributed by atoms with Gasteiger partial charge in [0.05, 0.1) is 27.0 Å². The summed E-state index contributed by atoms with van der Waals surface area (Å²) in [6, 6.07) is -0.408. The van der Waals surface area contributed by atoms with Gasteiger partial charge in [0.1, 0.15) is 6.21 Å². The second kappa shape index (κ2) is 7.08. The van der Waals surface area contributed by atoms with Crippen LogP contribution in [0, 0.1) is 5.92 Å². The molecular weight excluding hydrogens is 318 g/mol. The number of esters is 1. The summed E-state index contributed by atoms with van der Waals surface area (Å²) in [5.74, 6) is -0.788. The van der Waals surface area contributed by atoms with Crippen LogP contribution in [-0.2, 0) is 14.3 Å². The van der Waals surface area contributed by atoms with Crippen molar-refractivity contribution in [3.63, 3.8) is 0 Å². The first-order valence-electron chi connectivity index (χ1n) is 7.31. The summed E-state index contributed by atoms with van der Waals surface area (Å²) < 4.78 is 6.05. The van der Waals surface area contributed by atoms with Gasteiger partial charge >= 0.3 is 17.9 Å². The Hall–Kier alpha value is -1.96. The van der Waals surface area contributed by atoms with E-state index in [2.05, 4.69) is 9.73 Å². The Bertz CT molecular complexity index is 651. The van der Waals surface area contributed by atoms with Crippen LogP contribution in [0.1, 0.15) is 19.8 Å². The maximum absolute atomic E-state index is 12.6. The molecule has 0 aromatic heterocycles. The van der Waals surface area contributed by atoms with Crippen LogP contribution in [0.15, 0.2) is 15.5 Å². The molecular formula is C15H20N3O4S+. The fraction of sp³-hybridized carbons (Fsp3) is 0.533. The zero-order valence-corrected chi connectivity index (χ0v) is 14.5. The van der Waals surface area contributed by atoms with Gasteiger partial charge in [-0.1, -0.05) is 13.3 Å². The van der Waals surface area contributed by atoms with Crippen molar-refractivity contribution < 1.29 is 23.7 Å². The number of nitrogens with zero attached hydrogens (tertiary/aromatic N) is 3. The van der Waals surface area contributed by atoms with E-state index < -0.39 is 11.9 Å². The Morgan fingerprint density at radius 1 is 1.48 bits per heavy atom. The fourth-order valence-electron chi connectivity index (χ4n) is 2.53. The molecule has 3 amide bonds. The number of aliphatic imine (C=N–C) groups is 1. The number of rotatable bonds is 5. The van der Waals surface area contributed by atoms with Crippen LogP contribution < -0.4 is 0 Å². The maximum atomic E-state index is 12.6. The lowest BCUT2D eigenvalue weighted by Crippen LogP contribution is -2.52. The third-order valence-electron chi connectivity index (χ3n) is 3.78. The number of imide groups is 1. The van der Waals surface area contributed by atoms with Gasteiger partial charge in [-0.25, -0.2) is 4.79 Å². The van der Waals surface area contributed by atoms with Gasteiger partial charge in [0.2, 0.25) is 0 Å². The number of allylic oxidation sites excluding steroid dienone is 1. The van der Waals surface area contributed by atoms with Crippen LogP contribution in [0.5, 0.6) is 0 Å². The number of carbonyl (C=O) groups is 3. The smallest absolute Gasteiger partial charge is 0.445 e. The molecule has 0 N–H and O–H groups in total. The first-order chi connectivity index (χ1) is 10.9. The summed E-state index contributed by atoms with van der Waals surface area (Å²) in [7, 11) is 4.38. The van der Waals surface area contributed by atoms with E-state index in [1.807, 2.05) is 6.92 Å². The van der Waals surface area contributed by atoms with Crippen LogP contribution in [0.25, 0.3) is 0 Å². The highest BCUT2D eigenvalue weighted by molar-refractivity contribution is 8.03. The summed E-state index contributed by atoms with van der Waals surface area (Å²) >= 11 is 1.28. The SMILES string of the molecule is CCCC1=C(SCC(=O)OC)C2C(=O)N(C)C(=O)[N+](C)=C2N=C1. The highest BCUT2D eigenvalue weighted by atomic mass is 32.2. The number of fused-ring (bicyclic) bond motifs is 1. The van der Waals surface area contributed by atoms with Crippen molar-refractivity contribution in [2.45, 2.75) is 19.8 Å². The summed E-state index contributed by atoms with van der Waals surface area (Å²) in [4.78, 5) is 42.3. The zero-order valence-electron chi connectivity index (χ0n) is 13.7. The lowest BCUT2D eigenvalue weighted by Gasteiger charge is -2.28. The molecule has 0 spiro atoms. The minimum Gasteiger partial charge on any atom is -0.468 e. The molecule has 1 atom stereocenters. The summed E-state index contributed by atoms with van der Waals surface area (Å²) in [6.07, 6.45) is 3.34. The van der Waals surface area contributed by atoms with Crippen molar-refractivity contribution >= 4 is 41.7 Å². The molecule has 0 fully saturated rings. The molecule has 0 aromatic rings. The predicted octanol–water partition coefficient (Wildman–Crippen LogP) is 1.28. The van der Waals surface area contributed by atoms with Crippen molar-refractivity contribution in [1.29, 1.82) is 0 Å². The van der Waals surface area contributed by atoms with Crippen LogP contribution in [-0.4, -0.2) is 66.4 Å². The van der Waals surface area contributed by atoms with Gasteiger partial charge in [0, 0.05) is 4.91 Å². The number of urea groups is 1. The first-order valence-corrected chi connectivity index (χ1v) is 8.29. The van der Waals surface area contributed by atoms with Gasteiger partial charge in [-0.3, -0.25) is 9.59 Å². The van der Waals surface area contributed by atoms with E-state index in [4.69, 9.17) is 0 Å². The van der Waals surface area contributed by atoms with Gasteiger partial charge in [-0.05, 0) is 12.0 Å². The van der Waals surface area contributed by atoms with E-state index in [0.717, 1.165) is 28.2 Å². The van der Waals surface area contributed by atoms with Crippen LogP contribution in [0.4, 0.5) is 4.79 Å². The molecule has 7 nitrogen and oxygen atoms in total. The van der Waals surface area contributed by atoms with Crippen molar-refractivity contribution in [3.8, 4) is 0 Å². The van der Waals surface area contributed by atoms with E-state index >= 15 is 0 Å². The van der Waals surface area contributed by atoms with E-state index in [1.54, 1.807) is 13.3 Å². The molecule has 0 saturated heterocycles. The molecule has 8 heteroatoms. The molecule has 2 aliphatic rings. The van der Waals surface area contributed by atoms with E-state index in [9.17, 15) is 14.4 Å². The Morgan fingerprint density at radius 2 is 2.17 bits per heavy atom. The van der Waals surface area contributed by atoms with Crippen LogP contribution in [0.3, 0.4) is 0 Å². The van der Waals surface area contributed by atoms with E-state index in [-0.39, 0.29) is 17.6 Å². The van der Waals surface area contributed by atoms with Gasteiger partial charge in [-0.15, -0.1) is 16.8 Å². The Labute approximate surface area is 139 Å². The molecule has 0 radical (unpaired) electrons. The highest BCUT2D eigenvalue weighted by Gasteiger charge is 2.48. The zero-order chi connectivity index (χ0) is 17.1. The normalized spacial score (nSPS) is 21.0. The second-order valence-electron chi connectivity index (χ2n) is 5.29. The van der Waals surface area contributed by atoms with Crippen molar-refractivity contribution in [3.05, 3.63) is 10.5 Å². The minimum atomic E-state index is -0.635. The van der Waals surface area contributed by atoms with Crippen LogP contribution in [0.2, 0.25) is 0 Å². The second-order valence-corrected chi connectivity index (χ2v) is 6.31. The largest absolute Gasteiger partial charge is 0.468 e. The van der Waals surface area contributed by atoms with Crippen molar-refractivity contribution in [1.82, 2.24) is 4.90 Å². The first kappa shape index (κ1) is 17.4. The Morgan fingerprint density at radius 3 is 2.78 bits per heavy atom. The number of thioether (sulfide) groups is 1. The number of amidine groups is 1. The minimum absolute atomic E-state index is 0.116. The van der Waals surface area contributed by atoms with Gasteiger partial charge in [0.15, 0.2) is 5.92 Å². The third-order valence-corrected chi connectivity index (χ3v) is 4.97. The summed E-state index contributed by atoms with van der Waals surface area (Å²) in [6.45, 7) is 2.03. The van der Waals surface area contributed by atoms with Crippen molar-refractivity contribution in [2.24, 2.45) is 10.9 Å². The number of ether oxygens (including phenoxy) is 1. The molecule has 2 aliphatic heterocycles. The molecule has 0 aliphatic carbocycles. The Balaban J connectivity index is 2.46. The lowest BCUT2D eigenvalue weighted by atomic mass is 9.96. The van der Waals surface area contributed by atoms with E-state index in [1.165, 1.54) is 30.5 Å². The number of hydrogen-bond donors (Lipinski definition) is 0. The average Bonchev–Trinajstić information content (AvgIpc) is 2.56. The van der Waals surface area contributed by atoms with E-state index in [0.29, 0.717) is 5.84 Å². The molecule has 0 saturated carbocycles. The number of carbonyl (C=O) groups excluding carboxylic acids is 3. The standard InChI is InChI=1S/C15H20N3O4S/c1-5-6-9-7-16-13-11(12(9)23-8-10(19)22-4)14(20)18(3)15(21)17(13)2/h7,11H,5-6,8H2,1-4H3/q+1. The summed E-state index contributed by atoms with van der Waals surface area (Å²) in [5.41, 5.74) is 0.930. The van der Waals surface area contributed by atoms with Gasteiger partial charge in [0.25, 0.3) is 5.84 Å².